The summed E-state index contributed by atoms with van der Waals surface area (Å²) in [6, 6.07) is 3.61. The molecule has 1 aromatic carbocycles. The van der Waals surface area contributed by atoms with E-state index in [4.69, 9.17) is 28.3 Å². The molecule has 0 spiro atoms. The summed E-state index contributed by atoms with van der Waals surface area (Å²) in [6.45, 7) is 5.18. The van der Waals surface area contributed by atoms with Crippen LogP contribution < -0.4 is 5.32 Å². The molecule has 0 aliphatic rings. The van der Waals surface area contributed by atoms with Gasteiger partial charge in [-0.25, -0.2) is 4.79 Å². The van der Waals surface area contributed by atoms with E-state index in [0.29, 0.717) is 0 Å². The van der Waals surface area contributed by atoms with Crippen molar-refractivity contribution >= 4 is 35.1 Å². The molecule has 0 radical (unpaired) electrons. The number of carboxylic acids is 1. The standard InChI is InChI=1S/C13H15Cl2NO3/c1-13(2,3)10(12(18)19)16-11(17)7-5-4-6-8(14)9(7)15/h4-6,10H,1-3H3,(H,16,17)(H,18,19)/t10-/m1/s1. The summed E-state index contributed by atoms with van der Waals surface area (Å²) in [5.74, 6) is -1.66. The molecule has 0 aromatic heterocycles. The van der Waals surface area contributed by atoms with E-state index in [2.05, 4.69) is 5.32 Å². The number of benzene rings is 1. The Balaban J connectivity index is 3.02. The van der Waals surface area contributed by atoms with Crippen molar-refractivity contribution in [3.05, 3.63) is 33.8 Å². The molecule has 0 aliphatic carbocycles. The fourth-order valence-corrected chi connectivity index (χ4v) is 1.92. The molecule has 0 heterocycles. The Labute approximate surface area is 121 Å². The maximum Gasteiger partial charge on any atom is 0.326 e. The molecule has 4 nitrogen and oxygen atoms in total. The summed E-state index contributed by atoms with van der Waals surface area (Å²) < 4.78 is 0. The fourth-order valence-electron chi connectivity index (χ4n) is 1.54. The molecule has 1 atom stereocenters. The van der Waals surface area contributed by atoms with Gasteiger partial charge in [0.15, 0.2) is 0 Å². The van der Waals surface area contributed by atoms with E-state index in [-0.39, 0.29) is 15.6 Å². The zero-order chi connectivity index (χ0) is 14.8. The molecule has 2 N–H and O–H groups in total. The first-order chi connectivity index (χ1) is 8.64. The number of rotatable bonds is 3. The zero-order valence-corrected chi connectivity index (χ0v) is 12.3. The first kappa shape index (κ1) is 15.8. The lowest BCUT2D eigenvalue weighted by molar-refractivity contribution is -0.142. The highest BCUT2D eigenvalue weighted by atomic mass is 35.5. The molecule has 0 aliphatic heterocycles. The monoisotopic (exact) mass is 303 g/mol. The van der Waals surface area contributed by atoms with Crippen LogP contribution in [0.3, 0.4) is 0 Å². The van der Waals surface area contributed by atoms with Gasteiger partial charge in [-0.15, -0.1) is 0 Å². The quantitative estimate of drug-likeness (QED) is 0.901. The number of aliphatic carboxylic acids is 1. The fraction of sp³-hybridized carbons (Fsp3) is 0.385. The molecule has 0 bridgehead atoms. The van der Waals surface area contributed by atoms with Crippen LogP contribution in [0.4, 0.5) is 0 Å². The van der Waals surface area contributed by atoms with Crippen molar-refractivity contribution in [1.29, 1.82) is 0 Å². The van der Waals surface area contributed by atoms with Crippen LogP contribution >= 0.6 is 23.2 Å². The molecule has 19 heavy (non-hydrogen) atoms. The Hall–Kier alpha value is -1.26. The molecule has 1 amide bonds. The highest BCUT2D eigenvalue weighted by Gasteiger charge is 2.33. The number of carbonyl (C=O) groups is 2. The van der Waals surface area contributed by atoms with E-state index >= 15 is 0 Å². The van der Waals surface area contributed by atoms with Crippen LogP contribution in [-0.2, 0) is 4.79 Å². The van der Waals surface area contributed by atoms with Crippen molar-refractivity contribution in [3.63, 3.8) is 0 Å². The van der Waals surface area contributed by atoms with Gasteiger partial charge in [-0.3, -0.25) is 4.79 Å². The van der Waals surface area contributed by atoms with Crippen molar-refractivity contribution in [1.82, 2.24) is 5.32 Å². The van der Waals surface area contributed by atoms with Gasteiger partial charge in [-0.05, 0) is 17.5 Å². The summed E-state index contributed by atoms with van der Waals surface area (Å²) in [5.41, 5.74) is -0.461. The van der Waals surface area contributed by atoms with Gasteiger partial charge >= 0.3 is 5.97 Å². The van der Waals surface area contributed by atoms with Crippen molar-refractivity contribution in [2.45, 2.75) is 26.8 Å². The van der Waals surface area contributed by atoms with Crippen molar-refractivity contribution in [2.24, 2.45) is 5.41 Å². The second-order valence-corrected chi connectivity index (χ2v) is 6.00. The Morgan fingerprint density at radius 1 is 1.26 bits per heavy atom. The smallest absolute Gasteiger partial charge is 0.326 e. The van der Waals surface area contributed by atoms with Gasteiger partial charge in [0.1, 0.15) is 6.04 Å². The Kier molecular flexibility index (Phi) is 4.82. The van der Waals surface area contributed by atoms with E-state index in [1.165, 1.54) is 6.07 Å². The zero-order valence-electron chi connectivity index (χ0n) is 10.8. The van der Waals surface area contributed by atoms with Crippen LogP contribution in [0, 0.1) is 5.41 Å². The summed E-state index contributed by atoms with van der Waals surface area (Å²) in [7, 11) is 0. The first-order valence-corrected chi connectivity index (χ1v) is 6.38. The molecule has 6 heteroatoms. The molecule has 0 unspecified atom stereocenters. The van der Waals surface area contributed by atoms with Gasteiger partial charge in [0.25, 0.3) is 5.91 Å². The average molecular weight is 304 g/mol. The molecular formula is C13H15Cl2NO3. The number of amides is 1. The third-order valence-corrected chi connectivity index (χ3v) is 3.40. The normalized spacial score (nSPS) is 12.9. The number of hydrogen-bond donors (Lipinski definition) is 2. The van der Waals surface area contributed by atoms with Gasteiger partial charge in [0, 0.05) is 0 Å². The number of halogens is 2. The molecule has 0 fully saturated rings. The predicted octanol–water partition coefficient (Wildman–Crippen LogP) is 3.22. The van der Waals surface area contributed by atoms with Gasteiger partial charge in [-0.2, -0.15) is 0 Å². The number of carboxylic acid groups (broad SMARTS) is 1. The SMILES string of the molecule is CC(C)(C)[C@H](NC(=O)c1cccc(Cl)c1Cl)C(=O)O. The summed E-state index contributed by atoms with van der Waals surface area (Å²) >= 11 is 11.7. The molecule has 1 rings (SSSR count). The molecule has 1 aromatic rings. The third-order valence-electron chi connectivity index (χ3n) is 2.58. The highest BCUT2D eigenvalue weighted by molar-refractivity contribution is 6.43. The lowest BCUT2D eigenvalue weighted by Crippen LogP contribution is -2.49. The van der Waals surface area contributed by atoms with Crippen LogP contribution in [0.15, 0.2) is 18.2 Å². The highest BCUT2D eigenvalue weighted by Crippen LogP contribution is 2.26. The van der Waals surface area contributed by atoms with Gasteiger partial charge in [0.2, 0.25) is 0 Å². The Bertz CT molecular complexity index is 509. The van der Waals surface area contributed by atoms with Crippen LogP contribution in [-0.4, -0.2) is 23.0 Å². The van der Waals surface area contributed by atoms with Crippen molar-refractivity contribution < 1.29 is 14.7 Å². The Morgan fingerprint density at radius 3 is 2.32 bits per heavy atom. The number of carbonyl (C=O) groups excluding carboxylic acids is 1. The van der Waals surface area contributed by atoms with Crippen LogP contribution in [0.1, 0.15) is 31.1 Å². The van der Waals surface area contributed by atoms with Gasteiger partial charge in [0.05, 0.1) is 15.6 Å². The van der Waals surface area contributed by atoms with Crippen LogP contribution in [0.25, 0.3) is 0 Å². The molecule has 104 valence electrons. The van der Waals surface area contributed by atoms with E-state index in [1.54, 1.807) is 32.9 Å². The van der Waals surface area contributed by atoms with Gasteiger partial charge in [-0.1, -0.05) is 50.0 Å². The molecule has 0 saturated heterocycles. The number of hydrogen-bond acceptors (Lipinski definition) is 2. The second kappa shape index (κ2) is 5.80. The minimum Gasteiger partial charge on any atom is -0.480 e. The summed E-state index contributed by atoms with van der Waals surface area (Å²) in [4.78, 5) is 23.3. The number of nitrogens with one attached hydrogen (secondary N) is 1. The summed E-state index contributed by atoms with van der Waals surface area (Å²) in [5, 5.41) is 12.0. The minimum atomic E-state index is -1.10. The van der Waals surface area contributed by atoms with E-state index in [1.807, 2.05) is 0 Å². The van der Waals surface area contributed by atoms with Crippen LogP contribution in [0.5, 0.6) is 0 Å². The molecular weight excluding hydrogens is 289 g/mol. The maximum absolute atomic E-state index is 12.1. The van der Waals surface area contributed by atoms with E-state index < -0.39 is 23.3 Å². The Morgan fingerprint density at radius 2 is 1.84 bits per heavy atom. The lowest BCUT2D eigenvalue weighted by atomic mass is 9.86. The van der Waals surface area contributed by atoms with Crippen molar-refractivity contribution in [2.75, 3.05) is 0 Å². The predicted molar refractivity (Wildman–Crippen MR) is 74.8 cm³/mol. The third kappa shape index (κ3) is 3.85. The topological polar surface area (TPSA) is 66.4 Å². The van der Waals surface area contributed by atoms with Crippen molar-refractivity contribution in [3.8, 4) is 0 Å². The van der Waals surface area contributed by atoms with E-state index in [0.717, 1.165) is 0 Å². The summed E-state index contributed by atoms with van der Waals surface area (Å²) in [6.07, 6.45) is 0. The second-order valence-electron chi connectivity index (χ2n) is 5.21. The van der Waals surface area contributed by atoms with E-state index in [9.17, 15) is 9.59 Å². The maximum atomic E-state index is 12.1. The van der Waals surface area contributed by atoms with Gasteiger partial charge < -0.3 is 10.4 Å². The largest absolute Gasteiger partial charge is 0.480 e. The lowest BCUT2D eigenvalue weighted by Gasteiger charge is -2.27. The molecule has 0 saturated carbocycles. The average Bonchev–Trinajstić information content (AvgIpc) is 2.27. The van der Waals surface area contributed by atoms with Crippen LogP contribution in [0.2, 0.25) is 10.0 Å². The minimum absolute atomic E-state index is 0.111. The first-order valence-electron chi connectivity index (χ1n) is 5.62.